The molecule has 0 bridgehead atoms. The number of hydrogen-bond acceptors (Lipinski definition) is 6. The Balaban J connectivity index is 1.23. The molecule has 0 saturated carbocycles. The van der Waals surface area contributed by atoms with Crippen molar-refractivity contribution in [1.82, 2.24) is 14.8 Å². The third-order valence-electron chi connectivity index (χ3n) is 7.13. The minimum Gasteiger partial charge on any atom is -0.331 e. The molecule has 0 spiro atoms. The van der Waals surface area contributed by atoms with E-state index in [1.165, 1.54) is 16.7 Å². The molecule has 1 saturated heterocycles. The number of anilines is 3. The lowest BCUT2D eigenvalue weighted by atomic mass is 10.0. The molecule has 1 aliphatic heterocycles. The number of rotatable bonds is 7. The fourth-order valence-corrected chi connectivity index (χ4v) is 5.37. The van der Waals surface area contributed by atoms with Gasteiger partial charge in [0, 0.05) is 60.6 Å². The summed E-state index contributed by atoms with van der Waals surface area (Å²) in [6, 6.07) is 20.3. The summed E-state index contributed by atoms with van der Waals surface area (Å²) < 4.78 is 0. The summed E-state index contributed by atoms with van der Waals surface area (Å²) in [4.78, 5) is 22.6. The summed E-state index contributed by atoms with van der Waals surface area (Å²) in [5.41, 5.74) is 9.19. The first kappa shape index (κ1) is 26.1. The lowest BCUT2D eigenvalue weighted by molar-refractivity contribution is 0.102. The van der Waals surface area contributed by atoms with E-state index in [2.05, 4.69) is 77.0 Å². The van der Waals surface area contributed by atoms with Crippen molar-refractivity contribution in [2.24, 2.45) is 0 Å². The highest BCUT2D eigenvalue weighted by molar-refractivity contribution is 7.14. The van der Waals surface area contributed by atoms with Crippen LogP contribution in [0.5, 0.6) is 0 Å². The maximum absolute atomic E-state index is 13.0. The normalized spacial score (nSPS) is 14.4. The van der Waals surface area contributed by atoms with Crippen molar-refractivity contribution in [1.29, 1.82) is 0 Å². The van der Waals surface area contributed by atoms with E-state index in [4.69, 9.17) is 4.98 Å². The molecule has 0 radical (unpaired) electrons. The van der Waals surface area contributed by atoms with E-state index >= 15 is 0 Å². The molecule has 4 aromatic rings. The topological polar surface area (TPSA) is 60.5 Å². The summed E-state index contributed by atoms with van der Waals surface area (Å²) in [7, 11) is 2.17. The first-order chi connectivity index (χ1) is 18.3. The van der Waals surface area contributed by atoms with Crippen LogP contribution in [0.3, 0.4) is 0 Å². The van der Waals surface area contributed by atoms with Gasteiger partial charge in [-0.25, -0.2) is 4.98 Å². The Morgan fingerprint density at radius 3 is 2.42 bits per heavy atom. The van der Waals surface area contributed by atoms with Crippen LogP contribution in [0.1, 0.15) is 32.6 Å². The highest BCUT2D eigenvalue weighted by Gasteiger charge is 2.15. The van der Waals surface area contributed by atoms with Crippen LogP contribution in [-0.2, 0) is 6.54 Å². The van der Waals surface area contributed by atoms with Crippen LogP contribution in [0.15, 0.2) is 66.0 Å². The molecule has 0 aliphatic carbocycles. The first-order valence-corrected chi connectivity index (χ1v) is 13.9. The number of nitrogens with one attached hydrogen (secondary N) is 2. The van der Waals surface area contributed by atoms with Gasteiger partial charge in [-0.3, -0.25) is 9.69 Å². The van der Waals surface area contributed by atoms with Crippen LogP contribution in [0.4, 0.5) is 16.5 Å². The van der Waals surface area contributed by atoms with E-state index in [0.29, 0.717) is 5.56 Å². The van der Waals surface area contributed by atoms with Crippen molar-refractivity contribution in [3.8, 4) is 11.3 Å². The summed E-state index contributed by atoms with van der Waals surface area (Å²) in [5, 5.41) is 9.40. The molecule has 1 aromatic heterocycles. The lowest BCUT2D eigenvalue weighted by Crippen LogP contribution is -2.43. The zero-order valence-electron chi connectivity index (χ0n) is 22.5. The molecule has 1 amide bonds. The van der Waals surface area contributed by atoms with E-state index in [9.17, 15) is 4.79 Å². The minimum atomic E-state index is -0.114. The van der Waals surface area contributed by atoms with Gasteiger partial charge in [0.15, 0.2) is 5.13 Å². The molecule has 3 aromatic carbocycles. The van der Waals surface area contributed by atoms with Gasteiger partial charge in [-0.1, -0.05) is 35.9 Å². The number of carbonyl (C=O) groups is 1. The van der Waals surface area contributed by atoms with Gasteiger partial charge in [0.25, 0.3) is 5.91 Å². The van der Waals surface area contributed by atoms with Crippen molar-refractivity contribution < 1.29 is 4.79 Å². The second-order valence-corrected chi connectivity index (χ2v) is 11.1. The lowest BCUT2D eigenvalue weighted by Gasteiger charge is -2.32. The third-order valence-corrected chi connectivity index (χ3v) is 7.89. The van der Waals surface area contributed by atoms with E-state index in [1.54, 1.807) is 11.3 Å². The summed E-state index contributed by atoms with van der Waals surface area (Å²) in [6.07, 6.45) is 0. The second kappa shape index (κ2) is 11.5. The minimum absolute atomic E-state index is 0.114. The number of hydrogen-bond donors (Lipinski definition) is 2. The molecule has 1 fully saturated rings. The zero-order valence-corrected chi connectivity index (χ0v) is 23.4. The van der Waals surface area contributed by atoms with Gasteiger partial charge in [-0.05, 0) is 74.8 Å². The second-order valence-electron chi connectivity index (χ2n) is 10.2. The molecule has 38 heavy (non-hydrogen) atoms. The number of amides is 1. The summed E-state index contributed by atoms with van der Waals surface area (Å²) in [6.45, 7) is 11.5. The Bertz CT molecular complexity index is 1420. The van der Waals surface area contributed by atoms with E-state index in [0.717, 1.165) is 66.1 Å². The number of thiazole rings is 1. The molecule has 5 rings (SSSR count). The van der Waals surface area contributed by atoms with Crippen LogP contribution in [0.25, 0.3) is 11.3 Å². The quantitative estimate of drug-likeness (QED) is 0.289. The predicted molar refractivity (Wildman–Crippen MR) is 159 cm³/mol. The summed E-state index contributed by atoms with van der Waals surface area (Å²) in [5.74, 6) is -0.114. The average molecular weight is 526 g/mol. The molecular weight excluding hydrogens is 490 g/mol. The van der Waals surface area contributed by atoms with Crippen molar-refractivity contribution in [2.45, 2.75) is 27.3 Å². The maximum Gasteiger partial charge on any atom is 0.255 e. The van der Waals surface area contributed by atoms with Gasteiger partial charge >= 0.3 is 0 Å². The van der Waals surface area contributed by atoms with Gasteiger partial charge < -0.3 is 15.5 Å². The van der Waals surface area contributed by atoms with Gasteiger partial charge in [0.2, 0.25) is 0 Å². The molecule has 0 atom stereocenters. The number of piperazine rings is 1. The van der Waals surface area contributed by atoms with Crippen molar-refractivity contribution >= 4 is 33.8 Å². The maximum atomic E-state index is 13.0. The number of carbonyl (C=O) groups excluding carboxylic acids is 1. The molecule has 7 heteroatoms. The number of aromatic nitrogens is 1. The molecule has 196 valence electrons. The van der Waals surface area contributed by atoms with Gasteiger partial charge in [0.05, 0.1) is 5.69 Å². The molecule has 6 nitrogen and oxygen atoms in total. The largest absolute Gasteiger partial charge is 0.331 e. The zero-order chi connectivity index (χ0) is 26.6. The number of nitrogens with zero attached hydrogens (tertiary/aromatic N) is 3. The van der Waals surface area contributed by atoms with Gasteiger partial charge in [-0.2, -0.15) is 0 Å². The Morgan fingerprint density at radius 1 is 0.921 bits per heavy atom. The third kappa shape index (κ3) is 6.30. The number of benzene rings is 3. The van der Waals surface area contributed by atoms with E-state index in [-0.39, 0.29) is 5.91 Å². The molecule has 1 aliphatic rings. The van der Waals surface area contributed by atoms with Gasteiger partial charge in [0.1, 0.15) is 0 Å². The SMILES string of the molecule is Cc1ccc(C)c(-c2csc(Nc3cc(NC(=O)c4ccc(CN5CCN(C)CC5)cc4)ccc3C)n2)c1. The Kier molecular flexibility index (Phi) is 7.88. The molecule has 2 N–H and O–H groups in total. The average Bonchev–Trinajstić information content (AvgIpc) is 3.37. The van der Waals surface area contributed by atoms with Gasteiger partial charge in [-0.15, -0.1) is 11.3 Å². The van der Waals surface area contributed by atoms with Crippen molar-refractivity contribution in [3.05, 3.63) is 93.9 Å². The summed E-state index contributed by atoms with van der Waals surface area (Å²) >= 11 is 1.58. The van der Waals surface area contributed by atoms with Crippen LogP contribution < -0.4 is 10.6 Å². The fourth-order valence-electron chi connectivity index (χ4n) is 4.65. The standard InChI is InChI=1S/C31H35N5OS/c1-21-5-6-22(2)27(17-21)29-20-38-31(34-29)33-28-18-26(12-7-23(28)3)32-30(37)25-10-8-24(9-11-25)19-36-15-13-35(4)14-16-36/h5-12,17-18,20H,13-16,19H2,1-4H3,(H,32,37)(H,33,34). The van der Waals surface area contributed by atoms with E-state index < -0.39 is 0 Å². The van der Waals surface area contributed by atoms with Crippen molar-refractivity contribution in [2.75, 3.05) is 43.9 Å². The van der Waals surface area contributed by atoms with Crippen LogP contribution in [-0.4, -0.2) is 53.9 Å². The highest BCUT2D eigenvalue weighted by Crippen LogP contribution is 2.31. The number of aryl methyl sites for hydroxylation is 3. The molecular formula is C31H35N5OS. The number of likely N-dealkylation sites (N-methyl/N-ethyl adjacent to an activating group) is 1. The monoisotopic (exact) mass is 525 g/mol. The Labute approximate surface area is 229 Å². The fraction of sp³-hybridized carbons (Fsp3) is 0.290. The van der Waals surface area contributed by atoms with Crippen LogP contribution >= 0.6 is 11.3 Å². The molecule has 0 unspecified atom stereocenters. The van der Waals surface area contributed by atoms with Crippen molar-refractivity contribution in [3.63, 3.8) is 0 Å². The first-order valence-electron chi connectivity index (χ1n) is 13.1. The van der Waals surface area contributed by atoms with Crippen LogP contribution in [0, 0.1) is 20.8 Å². The predicted octanol–water partition coefficient (Wildman–Crippen LogP) is 6.48. The highest BCUT2D eigenvalue weighted by atomic mass is 32.1. The van der Waals surface area contributed by atoms with E-state index in [1.807, 2.05) is 37.3 Å². The Morgan fingerprint density at radius 2 is 1.66 bits per heavy atom. The van der Waals surface area contributed by atoms with Crippen LogP contribution in [0.2, 0.25) is 0 Å². The smallest absolute Gasteiger partial charge is 0.255 e. The molecule has 2 heterocycles. The Hall–Kier alpha value is -3.52.